The lowest BCUT2D eigenvalue weighted by molar-refractivity contribution is -0.389. The first-order valence-electron chi connectivity index (χ1n) is 4.57. The van der Waals surface area contributed by atoms with Gasteiger partial charge in [-0.25, -0.2) is 0 Å². The van der Waals surface area contributed by atoms with Crippen LogP contribution in [0.3, 0.4) is 0 Å². The summed E-state index contributed by atoms with van der Waals surface area (Å²) in [6, 6.07) is 2.82. The smallest absolute Gasteiger partial charge is 0.371 e. The maximum absolute atomic E-state index is 10.5. The predicted octanol–water partition coefficient (Wildman–Crippen LogP) is 1.54. The van der Waals surface area contributed by atoms with Crippen LogP contribution >= 0.6 is 0 Å². The number of pyridine rings is 1. The maximum atomic E-state index is 10.5. The first kappa shape index (κ1) is 9.70. The van der Waals surface area contributed by atoms with Crippen molar-refractivity contribution in [3.63, 3.8) is 0 Å². The molecule has 0 aromatic carbocycles. The highest BCUT2D eigenvalue weighted by Crippen LogP contribution is 2.33. The van der Waals surface area contributed by atoms with Crippen molar-refractivity contribution in [3.05, 3.63) is 22.2 Å². The highest BCUT2D eigenvalue weighted by Gasteiger charge is 2.27. The lowest BCUT2D eigenvalue weighted by Gasteiger charge is -2.04. The van der Waals surface area contributed by atoms with E-state index in [-0.39, 0.29) is 17.8 Å². The average Bonchev–Trinajstić information content (AvgIpc) is 3.02. The van der Waals surface area contributed by atoms with Gasteiger partial charge in [-0.2, -0.15) is 0 Å². The Bertz CT molecular complexity index is 390. The Hall–Kier alpha value is -1.85. The molecule has 0 spiro atoms. The first-order valence-corrected chi connectivity index (χ1v) is 4.57. The highest BCUT2D eigenvalue weighted by atomic mass is 16.6. The molecule has 1 fully saturated rings. The van der Waals surface area contributed by atoms with E-state index in [0.29, 0.717) is 5.75 Å². The second-order valence-electron chi connectivity index (χ2n) is 3.25. The summed E-state index contributed by atoms with van der Waals surface area (Å²) in [6.45, 7) is 0. The van der Waals surface area contributed by atoms with E-state index < -0.39 is 4.92 Å². The van der Waals surface area contributed by atoms with E-state index in [2.05, 4.69) is 4.98 Å². The Balaban J connectivity index is 2.25. The van der Waals surface area contributed by atoms with Gasteiger partial charge in [0.25, 0.3) is 0 Å². The van der Waals surface area contributed by atoms with Crippen LogP contribution in [0.1, 0.15) is 12.8 Å². The third-order valence-corrected chi connectivity index (χ3v) is 2.01. The van der Waals surface area contributed by atoms with E-state index >= 15 is 0 Å². The standard InChI is InChI=1S/C9H10N2O4/c1-14-9-7(15-6-2-3-6)4-5-8(10-9)11(12)13/h4-6H,2-3H2,1H3. The van der Waals surface area contributed by atoms with Crippen LogP contribution < -0.4 is 9.47 Å². The zero-order chi connectivity index (χ0) is 10.8. The molecule has 15 heavy (non-hydrogen) atoms. The summed E-state index contributed by atoms with van der Waals surface area (Å²) in [6.07, 6.45) is 2.24. The van der Waals surface area contributed by atoms with Crippen molar-refractivity contribution in [2.45, 2.75) is 18.9 Å². The number of hydrogen-bond donors (Lipinski definition) is 0. The molecule has 0 atom stereocenters. The van der Waals surface area contributed by atoms with Gasteiger partial charge in [0.2, 0.25) is 5.75 Å². The van der Waals surface area contributed by atoms with Crippen molar-refractivity contribution < 1.29 is 14.4 Å². The predicted molar refractivity (Wildman–Crippen MR) is 51.1 cm³/mol. The molecule has 1 aromatic rings. The van der Waals surface area contributed by atoms with Crippen LogP contribution in [-0.4, -0.2) is 23.1 Å². The summed E-state index contributed by atoms with van der Waals surface area (Å²) in [5.74, 6) is 0.386. The van der Waals surface area contributed by atoms with Gasteiger partial charge >= 0.3 is 11.7 Å². The molecule has 0 unspecified atom stereocenters. The van der Waals surface area contributed by atoms with Gasteiger partial charge in [0, 0.05) is 11.1 Å². The lowest BCUT2D eigenvalue weighted by atomic mass is 10.4. The molecule has 1 saturated carbocycles. The molecule has 1 aliphatic carbocycles. The summed E-state index contributed by atoms with van der Waals surface area (Å²) in [5.41, 5.74) is 0. The van der Waals surface area contributed by atoms with Crippen LogP contribution in [0.15, 0.2) is 12.1 Å². The van der Waals surface area contributed by atoms with Crippen molar-refractivity contribution in [1.29, 1.82) is 0 Å². The molecular formula is C9H10N2O4. The minimum Gasteiger partial charge on any atom is -0.483 e. The van der Waals surface area contributed by atoms with E-state index in [0.717, 1.165) is 12.8 Å². The number of nitro groups is 1. The minimum atomic E-state index is -0.566. The third kappa shape index (κ3) is 2.15. The van der Waals surface area contributed by atoms with E-state index in [1.165, 1.54) is 19.2 Å². The lowest BCUT2D eigenvalue weighted by Crippen LogP contribution is -2.01. The zero-order valence-corrected chi connectivity index (χ0v) is 8.17. The average molecular weight is 210 g/mol. The molecule has 0 bridgehead atoms. The Morgan fingerprint density at radius 2 is 2.27 bits per heavy atom. The van der Waals surface area contributed by atoms with Crippen molar-refractivity contribution in [1.82, 2.24) is 4.98 Å². The molecule has 1 aromatic heterocycles. The first-order chi connectivity index (χ1) is 7.20. The van der Waals surface area contributed by atoms with Gasteiger partial charge in [0.15, 0.2) is 0 Å². The summed E-state index contributed by atoms with van der Waals surface area (Å²) < 4.78 is 10.4. The van der Waals surface area contributed by atoms with Gasteiger partial charge in [-0.3, -0.25) is 0 Å². The Labute approximate surface area is 86.0 Å². The molecule has 0 radical (unpaired) electrons. The van der Waals surface area contributed by atoms with Crippen LogP contribution in [0.4, 0.5) is 5.82 Å². The van der Waals surface area contributed by atoms with Gasteiger partial charge in [-0.05, 0) is 23.8 Å². The van der Waals surface area contributed by atoms with Gasteiger partial charge in [0.05, 0.1) is 13.2 Å². The van der Waals surface area contributed by atoms with Gasteiger partial charge in [0.1, 0.15) is 0 Å². The second kappa shape index (κ2) is 3.72. The van der Waals surface area contributed by atoms with Crippen LogP contribution in [0.2, 0.25) is 0 Å². The quantitative estimate of drug-likeness (QED) is 0.556. The molecule has 80 valence electrons. The Morgan fingerprint density at radius 1 is 1.53 bits per heavy atom. The topological polar surface area (TPSA) is 74.5 Å². The number of rotatable bonds is 4. The maximum Gasteiger partial charge on any atom is 0.371 e. The normalized spacial score (nSPS) is 14.7. The summed E-state index contributed by atoms with van der Waals surface area (Å²) >= 11 is 0. The van der Waals surface area contributed by atoms with Crippen molar-refractivity contribution in [2.75, 3.05) is 7.11 Å². The largest absolute Gasteiger partial charge is 0.483 e. The molecule has 2 rings (SSSR count). The SMILES string of the molecule is COc1nc([N+](=O)[O-])ccc1OC1CC1. The summed E-state index contributed by atoms with van der Waals surface area (Å²) in [4.78, 5) is 13.6. The molecule has 0 amide bonds. The Morgan fingerprint density at radius 3 is 2.80 bits per heavy atom. The molecule has 0 N–H and O–H groups in total. The fraction of sp³-hybridized carbons (Fsp3) is 0.444. The molecular weight excluding hydrogens is 200 g/mol. The molecule has 6 heteroatoms. The molecule has 1 heterocycles. The van der Waals surface area contributed by atoms with Crippen molar-refractivity contribution >= 4 is 5.82 Å². The monoisotopic (exact) mass is 210 g/mol. The van der Waals surface area contributed by atoms with E-state index in [1.807, 2.05) is 0 Å². The number of nitrogens with zero attached hydrogens (tertiary/aromatic N) is 2. The fourth-order valence-corrected chi connectivity index (χ4v) is 1.12. The number of ether oxygens (including phenoxy) is 2. The van der Waals surface area contributed by atoms with Crippen LogP contribution in [-0.2, 0) is 0 Å². The number of aromatic nitrogens is 1. The number of hydrogen-bond acceptors (Lipinski definition) is 5. The highest BCUT2D eigenvalue weighted by molar-refractivity contribution is 5.39. The van der Waals surface area contributed by atoms with E-state index in [9.17, 15) is 10.1 Å². The van der Waals surface area contributed by atoms with Gasteiger partial charge in [-0.15, -0.1) is 0 Å². The number of methoxy groups -OCH3 is 1. The second-order valence-corrected chi connectivity index (χ2v) is 3.25. The van der Waals surface area contributed by atoms with Gasteiger partial charge in [-0.1, -0.05) is 0 Å². The molecule has 0 aliphatic heterocycles. The summed E-state index contributed by atoms with van der Waals surface area (Å²) in [7, 11) is 1.41. The van der Waals surface area contributed by atoms with Crippen LogP contribution in [0.5, 0.6) is 11.6 Å². The van der Waals surface area contributed by atoms with E-state index in [1.54, 1.807) is 0 Å². The van der Waals surface area contributed by atoms with Crippen LogP contribution in [0, 0.1) is 10.1 Å². The van der Waals surface area contributed by atoms with E-state index in [4.69, 9.17) is 9.47 Å². The zero-order valence-electron chi connectivity index (χ0n) is 8.17. The summed E-state index contributed by atoms with van der Waals surface area (Å²) in [5, 5.41) is 10.5. The molecule has 0 saturated heterocycles. The van der Waals surface area contributed by atoms with Gasteiger partial charge < -0.3 is 19.6 Å². The Kier molecular flexibility index (Phi) is 2.40. The molecule has 1 aliphatic rings. The third-order valence-electron chi connectivity index (χ3n) is 2.01. The minimum absolute atomic E-state index is 0.163. The van der Waals surface area contributed by atoms with Crippen molar-refractivity contribution in [3.8, 4) is 11.6 Å². The fourth-order valence-electron chi connectivity index (χ4n) is 1.12. The molecule has 6 nitrogen and oxygen atoms in total. The van der Waals surface area contributed by atoms with Crippen LogP contribution in [0.25, 0.3) is 0 Å². The van der Waals surface area contributed by atoms with Crippen molar-refractivity contribution in [2.24, 2.45) is 0 Å².